The first-order chi connectivity index (χ1) is 10.2. The quantitative estimate of drug-likeness (QED) is 0.453. The van der Waals surface area contributed by atoms with Gasteiger partial charge in [0.2, 0.25) is 0 Å². The summed E-state index contributed by atoms with van der Waals surface area (Å²) in [5.74, 6) is -1.54. The van der Waals surface area contributed by atoms with Gasteiger partial charge < -0.3 is 10.4 Å². The van der Waals surface area contributed by atoms with E-state index in [1.165, 1.54) is 23.9 Å². The molecule has 0 fully saturated rings. The van der Waals surface area contributed by atoms with Gasteiger partial charge >= 0.3 is 5.97 Å². The number of carboxylic acid groups (broad SMARTS) is 1. The Hall–Kier alpha value is -2.09. The summed E-state index contributed by atoms with van der Waals surface area (Å²) in [5.41, 5.74) is 0.00859. The highest BCUT2D eigenvalue weighted by atomic mass is 32.2. The zero-order chi connectivity index (χ0) is 16.9. The van der Waals surface area contributed by atoms with E-state index in [2.05, 4.69) is 5.32 Å². The molecule has 0 saturated carbocycles. The number of carboxylic acids is 1. The molecule has 8 heteroatoms. The minimum Gasteiger partial charge on any atom is -0.481 e. The second-order valence-electron chi connectivity index (χ2n) is 5.08. The van der Waals surface area contributed by atoms with E-state index in [-0.39, 0.29) is 22.9 Å². The van der Waals surface area contributed by atoms with Gasteiger partial charge in [-0.05, 0) is 13.0 Å². The van der Waals surface area contributed by atoms with Crippen molar-refractivity contribution in [1.29, 1.82) is 0 Å². The highest BCUT2D eigenvalue weighted by molar-refractivity contribution is 8.00. The van der Waals surface area contributed by atoms with Gasteiger partial charge in [0.05, 0.1) is 16.9 Å². The normalized spacial score (nSPS) is 12.0. The van der Waals surface area contributed by atoms with Gasteiger partial charge in [-0.3, -0.25) is 19.7 Å². The minimum absolute atomic E-state index is 0.177. The second kappa shape index (κ2) is 7.79. The molecule has 1 atom stereocenters. The molecule has 0 saturated heterocycles. The highest BCUT2D eigenvalue weighted by Gasteiger charge is 2.20. The molecule has 0 aliphatic rings. The van der Waals surface area contributed by atoms with Gasteiger partial charge in [0.25, 0.3) is 11.6 Å². The molecule has 0 heterocycles. The van der Waals surface area contributed by atoms with Crippen molar-refractivity contribution in [3.05, 3.63) is 33.9 Å². The number of carbonyl (C=O) groups excluding carboxylic acids is 1. The van der Waals surface area contributed by atoms with Crippen LogP contribution >= 0.6 is 11.8 Å². The van der Waals surface area contributed by atoms with E-state index >= 15 is 0 Å². The number of nitro benzene ring substituents is 1. The molecule has 22 heavy (non-hydrogen) atoms. The van der Waals surface area contributed by atoms with Crippen LogP contribution in [-0.4, -0.2) is 33.2 Å². The van der Waals surface area contributed by atoms with Crippen LogP contribution in [0.5, 0.6) is 0 Å². The Balaban J connectivity index is 3.06. The molecule has 120 valence electrons. The third-order valence-corrected chi connectivity index (χ3v) is 3.72. The maximum absolute atomic E-state index is 12.3. The molecule has 1 amide bonds. The van der Waals surface area contributed by atoms with Crippen molar-refractivity contribution in [1.82, 2.24) is 5.32 Å². The lowest BCUT2D eigenvalue weighted by molar-refractivity contribution is -0.384. The van der Waals surface area contributed by atoms with Crippen molar-refractivity contribution in [2.45, 2.75) is 43.4 Å². The molecule has 7 nitrogen and oxygen atoms in total. The van der Waals surface area contributed by atoms with Crippen molar-refractivity contribution < 1.29 is 19.6 Å². The Labute approximate surface area is 132 Å². The monoisotopic (exact) mass is 326 g/mol. The topological polar surface area (TPSA) is 110 Å². The molecule has 1 aromatic rings. The molecule has 0 aliphatic carbocycles. The second-order valence-corrected chi connectivity index (χ2v) is 6.69. The lowest BCUT2D eigenvalue weighted by atomic mass is 10.1. The first-order valence-electron chi connectivity index (χ1n) is 6.68. The van der Waals surface area contributed by atoms with Gasteiger partial charge in [-0.1, -0.05) is 13.8 Å². The lowest BCUT2D eigenvalue weighted by Gasteiger charge is -2.14. The number of aliphatic carboxylic acids is 1. The van der Waals surface area contributed by atoms with E-state index in [0.717, 1.165) is 0 Å². The Morgan fingerprint density at radius 2 is 2.00 bits per heavy atom. The molecule has 0 aliphatic heterocycles. The summed E-state index contributed by atoms with van der Waals surface area (Å²) in [4.78, 5) is 33.8. The van der Waals surface area contributed by atoms with E-state index in [1.54, 1.807) is 13.0 Å². The summed E-state index contributed by atoms with van der Waals surface area (Å²) in [6.45, 7) is 5.46. The number of rotatable bonds is 7. The smallest absolute Gasteiger partial charge is 0.305 e. The third-order valence-electron chi connectivity index (χ3n) is 2.64. The Kier molecular flexibility index (Phi) is 6.36. The number of nitrogens with one attached hydrogen (secondary N) is 1. The molecule has 0 spiro atoms. The minimum atomic E-state index is -1.02. The fraction of sp³-hybridized carbons (Fsp3) is 0.429. The summed E-state index contributed by atoms with van der Waals surface area (Å²) in [6, 6.07) is 3.54. The van der Waals surface area contributed by atoms with Crippen LogP contribution in [0, 0.1) is 10.1 Å². The highest BCUT2D eigenvalue weighted by Crippen LogP contribution is 2.29. The number of nitrogens with zero attached hydrogens (tertiary/aromatic N) is 1. The summed E-state index contributed by atoms with van der Waals surface area (Å²) in [6.07, 6.45) is -0.215. The average Bonchev–Trinajstić information content (AvgIpc) is 2.36. The van der Waals surface area contributed by atoms with E-state index in [9.17, 15) is 19.7 Å². The van der Waals surface area contributed by atoms with E-state index < -0.39 is 22.8 Å². The first-order valence-corrected chi connectivity index (χ1v) is 7.56. The standard InChI is InChI=1S/C14H18N2O5S/c1-8(2)22-12-5-4-10(16(20)21)7-11(12)14(19)15-9(3)6-13(17)18/h4-5,7-9H,6H2,1-3H3,(H,15,19)(H,17,18). The summed E-state index contributed by atoms with van der Waals surface area (Å²) >= 11 is 1.42. The van der Waals surface area contributed by atoms with E-state index in [1.807, 2.05) is 13.8 Å². The number of nitro groups is 1. The zero-order valence-corrected chi connectivity index (χ0v) is 13.3. The van der Waals surface area contributed by atoms with Crippen LogP contribution in [0.1, 0.15) is 37.6 Å². The lowest BCUT2D eigenvalue weighted by Crippen LogP contribution is -2.34. The summed E-state index contributed by atoms with van der Waals surface area (Å²) in [7, 11) is 0. The maximum Gasteiger partial charge on any atom is 0.305 e. The fourth-order valence-corrected chi connectivity index (χ4v) is 2.71. The van der Waals surface area contributed by atoms with Crippen LogP contribution in [0.25, 0.3) is 0 Å². The van der Waals surface area contributed by atoms with Crippen LogP contribution in [0.2, 0.25) is 0 Å². The zero-order valence-electron chi connectivity index (χ0n) is 12.5. The van der Waals surface area contributed by atoms with Gasteiger partial charge in [-0.15, -0.1) is 11.8 Å². The largest absolute Gasteiger partial charge is 0.481 e. The van der Waals surface area contributed by atoms with Crippen LogP contribution in [0.3, 0.4) is 0 Å². The number of hydrogen-bond acceptors (Lipinski definition) is 5. The van der Waals surface area contributed by atoms with E-state index in [0.29, 0.717) is 4.90 Å². The number of thioether (sulfide) groups is 1. The van der Waals surface area contributed by atoms with Crippen LogP contribution in [0.15, 0.2) is 23.1 Å². The van der Waals surface area contributed by atoms with Gasteiger partial charge in [-0.25, -0.2) is 0 Å². The Bertz CT molecular complexity index is 589. The number of non-ortho nitro benzene ring substituents is 1. The third kappa shape index (κ3) is 5.36. The maximum atomic E-state index is 12.3. The van der Waals surface area contributed by atoms with Crippen molar-refractivity contribution in [2.75, 3.05) is 0 Å². The molecule has 0 radical (unpaired) electrons. The van der Waals surface area contributed by atoms with Crippen LogP contribution in [-0.2, 0) is 4.79 Å². The molecule has 1 rings (SSSR count). The van der Waals surface area contributed by atoms with E-state index in [4.69, 9.17) is 5.11 Å². The number of carbonyl (C=O) groups is 2. The average molecular weight is 326 g/mol. The Morgan fingerprint density at radius 1 is 1.36 bits per heavy atom. The molecule has 1 aromatic carbocycles. The molecular weight excluding hydrogens is 308 g/mol. The van der Waals surface area contributed by atoms with Crippen LogP contribution in [0.4, 0.5) is 5.69 Å². The Morgan fingerprint density at radius 3 is 2.50 bits per heavy atom. The van der Waals surface area contributed by atoms with Crippen molar-refractivity contribution >= 4 is 29.3 Å². The van der Waals surface area contributed by atoms with Crippen LogP contribution < -0.4 is 5.32 Å². The van der Waals surface area contributed by atoms with Crippen molar-refractivity contribution in [2.24, 2.45) is 0 Å². The van der Waals surface area contributed by atoms with Gasteiger partial charge in [-0.2, -0.15) is 0 Å². The number of hydrogen-bond donors (Lipinski definition) is 2. The summed E-state index contributed by atoms with van der Waals surface area (Å²) < 4.78 is 0. The molecule has 2 N–H and O–H groups in total. The predicted octanol–water partition coefficient (Wildman–Crippen LogP) is 2.69. The molecule has 0 bridgehead atoms. The van der Waals surface area contributed by atoms with Crippen molar-refractivity contribution in [3.63, 3.8) is 0 Å². The van der Waals surface area contributed by atoms with Gasteiger partial charge in [0, 0.05) is 28.3 Å². The van der Waals surface area contributed by atoms with Gasteiger partial charge in [0.1, 0.15) is 0 Å². The van der Waals surface area contributed by atoms with Gasteiger partial charge in [0.15, 0.2) is 0 Å². The molecule has 1 unspecified atom stereocenters. The SMILES string of the molecule is CC(CC(=O)O)NC(=O)c1cc([N+](=O)[O-])ccc1SC(C)C. The fourth-order valence-electron chi connectivity index (χ4n) is 1.78. The summed E-state index contributed by atoms with van der Waals surface area (Å²) in [5, 5.41) is 22.3. The number of amides is 1. The molecular formula is C14H18N2O5S. The predicted molar refractivity (Wildman–Crippen MR) is 83.3 cm³/mol. The van der Waals surface area contributed by atoms with Crippen molar-refractivity contribution in [3.8, 4) is 0 Å². The molecule has 0 aromatic heterocycles. The number of benzene rings is 1. The first kappa shape index (κ1) is 18.0.